The first kappa shape index (κ1) is 22.4. The molecule has 0 spiro atoms. The molecule has 0 atom stereocenters. The van der Waals surface area contributed by atoms with Crippen LogP contribution in [0.15, 0.2) is 64.0 Å². The van der Waals surface area contributed by atoms with E-state index in [1.54, 1.807) is 30.5 Å². The monoisotopic (exact) mass is 480 g/mol. The molecule has 0 aliphatic carbocycles. The molecule has 0 amide bonds. The van der Waals surface area contributed by atoms with E-state index in [0.29, 0.717) is 29.7 Å². The number of nitrogen functional groups attached to an aromatic ring is 1. The highest BCUT2D eigenvalue weighted by atomic mass is 32.3. The van der Waals surface area contributed by atoms with Crippen molar-refractivity contribution < 1.29 is 18.3 Å². The quantitative estimate of drug-likeness (QED) is 0.308. The van der Waals surface area contributed by atoms with Crippen molar-refractivity contribution in [3.8, 4) is 34.3 Å². The maximum absolute atomic E-state index is 10.5. The molecule has 34 heavy (non-hydrogen) atoms. The Morgan fingerprint density at radius 2 is 1.68 bits per heavy atom. The highest BCUT2D eigenvalue weighted by Crippen LogP contribution is 2.54. The molecule has 2 aromatic carbocycles. The van der Waals surface area contributed by atoms with E-state index >= 15 is 0 Å². The topological polar surface area (TPSA) is 152 Å². The second kappa shape index (κ2) is 9.12. The van der Waals surface area contributed by atoms with Gasteiger partial charge in [0.25, 0.3) is 5.89 Å². The average Bonchev–Trinajstić information content (AvgIpc) is 3.29. The molecule has 11 heteroatoms. The molecule has 1 aliphatic rings. The highest BCUT2D eigenvalue weighted by Gasteiger charge is 2.34. The van der Waals surface area contributed by atoms with Gasteiger partial charge in [-0.3, -0.25) is 9.11 Å². The Labute approximate surface area is 197 Å². The summed E-state index contributed by atoms with van der Waals surface area (Å²) in [6.07, 6.45) is 1.55. The maximum Gasteiger partial charge on any atom is 0.270 e. The van der Waals surface area contributed by atoms with Gasteiger partial charge in [0, 0.05) is 17.7 Å². The molecule has 0 radical (unpaired) electrons. The Kier molecular flexibility index (Phi) is 6.02. The van der Waals surface area contributed by atoms with Gasteiger partial charge in [-0.1, -0.05) is 24.3 Å². The first-order valence-electron chi connectivity index (χ1n) is 10.6. The van der Waals surface area contributed by atoms with Gasteiger partial charge in [0.05, 0.1) is 30.0 Å². The molecule has 4 aromatic rings. The summed E-state index contributed by atoms with van der Waals surface area (Å²) in [7, 11) is -1.01. The predicted octanol–water partition coefficient (Wildman–Crippen LogP) is 3.67. The molecule has 176 valence electrons. The summed E-state index contributed by atoms with van der Waals surface area (Å²) in [6.45, 7) is 1.47. The molecule has 2 aromatic heterocycles. The van der Waals surface area contributed by atoms with Crippen LogP contribution < -0.4 is 11.1 Å². The third kappa shape index (κ3) is 4.27. The number of anilines is 1. The molecule has 3 heterocycles. The minimum absolute atomic E-state index is 0.164. The number of nitrogens with one attached hydrogen (secondary N) is 1. The van der Waals surface area contributed by atoms with Crippen molar-refractivity contribution in [3.05, 3.63) is 60.3 Å². The van der Waals surface area contributed by atoms with E-state index in [4.69, 9.17) is 14.9 Å². The zero-order valence-electron chi connectivity index (χ0n) is 18.4. The van der Waals surface area contributed by atoms with Crippen molar-refractivity contribution in [2.75, 3.05) is 26.0 Å². The number of hydrogen-bond donors (Lipinski definition) is 4. The van der Waals surface area contributed by atoms with Crippen LogP contribution in [0.1, 0.15) is 5.56 Å². The molecular weight excluding hydrogens is 456 g/mol. The minimum atomic E-state index is -2.91. The molecule has 5 rings (SSSR count). The van der Waals surface area contributed by atoms with Crippen LogP contribution >= 0.6 is 10.6 Å². The SMILES string of the molecule is CNCc1ccc(-c2nnc(-c3nc(-c4ccc(S(O)(O)C5COC5)cc4)cnc3N)o2)cc1. The molecule has 0 saturated carbocycles. The Hall–Kier alpha value is -3.35. The van der Waals surface area contributed by atoms with Crippen molar-refractivity contribution in [1.29, 1.82) is 0 Å². The molecule has 5 N–H and O–H groups in total. The normalized spacial score (nSPS) is 14.7. The number of benzene rings is 2. The number of ether oxygens (including phenoxy) is 1. The van der Waals surface area contributed by atoms with Crippen LogP contribution in [0.5, 0.6) is 0 Å². The van der Waals surface area contributed by atoms with Crippen LogP contribution in [0.2, 0.25) is 0 Å². The second-order valence-electron chi connectivity index (χ2n) is 7.91. The lowest BCUT2D eigenvalue weighted by atomic mass is 10.1. The van der Waals surface area contributed by atoms with Crippen LogP contribution in [-0.2, 0) is 11.3 Å². The highest BCUT2D eigenvalue weighted by molar-refractivity contribution is 8.25. The fourth-order valence-electron chi connectivity index (χ4n) is 3.52. The van der Waals surface area contributed by atoms with E-state index in [0.717, 1.165) is 23.2 Å². The van der Waals surface area contributed by atoms with Gasteiger partial charge in [-0.25, -0.2) is 9.97 Å². The van der Waals surface area contributed by atoms with Crippen molar-refractivity contribution in [1.82, 2.24) is 25.5 Å². The minimum Gasteiger partial charge on any atom is -0.414 e. The van der Waals surface area contributed by atoms with E-state index in [9.17, 15) is 9.11 Å². The lowest BCUT2D eigenvalue weighted by molar-refractivity contribution is 0.0377. The summed E-state index contributed by atoms with van der Waals surface area (Å²) < 4.78 is 32.0. The van der Waals surface area contributed by atoms with E-state index in [2.05, 4.69) is 25.5 Å². The molecule has 1 saturated heterocycles. The van der Waals surface area contributed by atoms with Gasteiger partial charge < -0.3 is 20.2 Å². The first-order valence-corrected chi connectivity index (χ1v) is 12.2. The third-order valence-corrected chi connectivity index (χ3v) is 7.75. The summed E-state index contributed by atoms with van der Waals surface area (Å²) >= 11 is 0. The smallest absolute Gasteiger partial charge is 0.270 e. The van der Waals surface area contributed by atoms with Crippen LogP contribution in [0.3, 0.4) is 0 Å². The summed E-state index contributed by atoms with van der Waals surface area (Å²) in [6, 6.07) is 14.7. The van der Waals surface area contributed by atoms with Crippen LogP contribution in [0, 0.1) is 0 Å². The van der Waals surface area contributed by atoms with Gasteiger partial charge in [0.1, 0.15) is 5.25 Å². The number of rotatable bonds is 7. The lowest BCUT2D eigenvalue weighted by Gasteiger charge is -2.44. The number of hydrogen-bond acceptors (Lipinski definition) is 10. The van der Waals surface area contributed by atoms with Gasteiger partial charge in [0.2, 0.25) is 5.89 Å². The molecule has 10 nitrogen and oxygen atoms in total. The fraction of sp³-hybridized carbons (Fsp3) is 0.217. The van der Waals surface area contributed by atoms with Gasteiger partial charge >= 0.3 is 0 Å². The second-order valence-corrected chi connectivity index (χ2v) is 10.2. The third-order valence-electron chi connectivity index (χ3n) is 5.58. The Morgan fingerprint density at radius 3 is 2.32 bits per heavy atom. The first-order chi connectivity index (χ1) is 16.5. The fourth-order valence-corrected chi connectivity index (χ4v) is 5.02. The van der Waals surface area contributed by atoms with Crippen molar-refractivity contribution >= 4 is 16.4 Å². The summed E-state index contributed by atoms with van der Waals surface area (Å²) in [4.78, 5) is 9.29. The Bertz CT molecular complexity index is 1290. The summed E-state index contributed by atoms with van der Waals surface area (Å²) in [5.74, 6) is 0.683. The van der Waals surface area contributed by atoms with Gasteiger partial charge in [-0.15, -0.1) is 10.2 Å². The Balaban J connectivity index is 1.40. The maximum atomic E-state index is 10.5. The molecule has 0 bridgehead atoms. The van der Waals surface area contributed by atoms with Crippen molar-refractivity contribution in [2.45, 2.75) is 16.7 Å². The van der Waals surface area contributed by atoms with Crippen molar-refractivity contribution in [3.63, 3.8) is 0 Å². The van der Waals surface area contributed by atoms with E-state index in [1.165, 1.54) is 0 Å². The number of nitrogens with two attached hydrogens (primary N) is 1. The van der Waals surface area contributed by atoms with Crippen LogP contribution in [-0.4, -0.2) is 54.8 Å². The average molecular weight is 481 g/mol. The van der Waals surface area contributed by atoms with Crippen molar-refractivity contribution in [2.24, 2.45) is 0 Å². The van der Waals surface area contributed by atoms with E-state index in [-0.39, 0.29) is 22.7 Å². The number of nitrogens with zero attached hydrogens (tertiary/aromatic N) is 4. The summed E-state index contributed by atoms with van der Waals surface area (Å²) in [5.41, 5.74) is 9.53. The number of aromatic nitrogens is 4. The standard InChI is InChI=1S/C23H24N6O4S/c1-25-10-14-2-4-16(5-3-14)22-28-29-23(33-22)20-21(24)26-11-19(27-20)15-6-8-17(9-7-15)34(30,31)18-12-32-13-18/h2-9,11,18,25,30-31H,10,12-13H2,1H3,(H2,24,26). The predicted molar refractivity (Wildman–Crippen MR) is 129 cm³/mol. The van der Waals surface area contributed by atoms with E-state index in [1.807, 2.05) is 31.3 Å². The summed E-state index contributed by atoms with van der Waals surface area (Å²) in [5, 5.41) is 11.1. The zero-order chi connectivity index (χ0) is 23.7. The molecule has 0 unspecified atom stereocenters. The molecular formula is C23H24N6O4S. The van der Waals surface area contributed by atoms with E-state index < -0.39 is 10.6 Å². The lowest BCUT2D eigenvalue weighted by Crippen LogP contribution is -2.38. The molecule has 1 fully saturated rings. The van der Waals surface area contributed by atoms with Gasteiger partial charge in [0.15, 0.2) is 11.5 Å². The van der Waals surface area contributed by atoms with Crippen LogP contribution in [0.25, 0.3) is 34.3 Å². The van der Waals surface area contributed by atoms with Gasteiger partial charge in [-0.2, -0.15) is 10.6 Å². The largest absolute Gasteiger partial charge is 0.414 e. The zero-order valence-corrected chi connectivity index (χ0v) is 19.2. The molecule has 1 aliphatic heterocycles. The van der Waals surface area contributed by atoms with Gasteiger partial charge in [-0.05, 0) is 36.9 Å². The van der Waals surface area contributed by atoms with Crippen LogP contribution in [0.4, 0.5) is 5.82 Å². The Morgan fingerprint density at radius 1 is 1.00 bits per heavy atom.